The minimum atomic E-state index is -0.0501. The van der Waals surface area contributed by atoms with E-state index in [-0.39, 0.29) is 17.3 Å². The Morgan fingerprint density at radius 2 is 1.64 bits per heavy atom. The zero-order valence-corrected chi connectivity index (χ0v) is 34.1. The lowest BCUT2D eigenvalue weighted by Crippen LogP contribution is -2.16. The molecule has 1 aromatic heterocycles. The van der Waals surface area contributed by atoms with Crippen LogP contribution in [0.15, 0.2) is 156 Å². The molecule has 3 aliphatic rings. The molecular formula is C54H51N3O. The van der Waals surface area contributed by atoms with Gasteiger partial charge in [-0.2, -0.15) is 0 Å². The number of fused-ring (bicyclic) bond motifs is 4. The lowest BCUT2D eigenvalue weighted by Gasteiger charge is -2.24. The third-order valence-corrected chi connectivity index (χ3v) is 12.0. The fourth-order valence-corrected chi connectivity index (χ4v) is 9.06. The molecule has 0 radical (unpaired) electrons. The summed E-state index contributed by atoms with van der Waals surface area (Å²) in [6, 6.07) is 37.9. The maximum Gasteiger partial charge on any atom is 0.135 e. The van der Waals surface area contributed by atoms with Gasteiger partial charge >= 0.3 is 0 Å². The molecule has 6 aromatic carbocycles. The van der Waals surface area contributed by atoms with Gasteiger partial charge in [0.15, 0.2) is 0 Å². The van der Waals surface area contributed by atoms with E-state index in [1.807, 2.05) is 61.5 Å². The number of benzene rings is 6. The van der Waals surface area contributed by atoms with Crippen LogP contribution in [-0.2, 0) is 11.8 Å². The number of aryl methyl sites for hydroxylation is 1. The molecular weight excluding hydrogens is 707 g/mol. The van der Waals surface area contributed by atoms with E-state index in [9.17, 15) is 0 Å². The Labute approximate surface area is 342 Å². The van der Waals surface area contributed by atoms with E-state index in [1.54, 1.807) is 0 Å². The van der Waals surface area contributed by atoms with Gasteiger partial charge in [-0.25, -0.2) is 0 Å². The molecule has 288 valence electrons. The van der Waals surface area contributed by atoms with Crippen molar-refractivity contribution in [3.63, 3.8) is 0 Å². The maximum atomic E-state index is 7.01. The van der Waals surface area contributed by atoms with Crippen molar-refractivity contribution < 1.29 is 4.42 Å². The molecule has 0 saturated heterocycles. The molecule has 1 unspecified atom stereocenters. The van der Waals surface area contributed by atoms with Crippen LogP contribution in [0, 0.1) is 12.3 Å². The van der Waals surface area contributed by atoms with Crippen molar-refractivity contribution in [3.8, 4) is 11.1 Å². The van der Waals surface area contributed by atoms with Crippen LogP contribution in [0.3, 0.4) is 0 Å². The highest BCUT2D eigenvalue weighted by atomic mass is 16.3. The number of amidine groups is 1. The molecule has 1 heterocycles. The summed E-state index contributed by atoms with van der Waals surface area (Å²) in [4.78, 5) is 0. The molecule has 0 spiro atoms. The van der Waals surface area contributed by atoms with Crippen LogP contribution in [-0.4, -0.2) is 5.84 Å². The number of allylic oxidation sites excluding steroid dienone is 8. The highest BCUT2D eigenvalue weighted by Gasteiger charge is 2.34. The molecule has 7 aromatic rings. The first kappa shape index (κ1) is 38.4. The van der Waals surface area contributed by atoms with Gasteiger partial charge in [-0.05, 0) is 124 Å². The monoisotopic (exact) mass is 757 g/mol. The van der Waals surface area contributed by atoms with Crippen molar-refractivity contribution >= 4 is 55.8 Å². The summed E-state index contributed by atoms with van der Waals surface area (Å²) >= 11 is 0. The number of nitrogens with two attached hydrogens (primary N) is 2. The van der Waals surface area contributed by atoms with E-state index in [2.05, 4.69) is 125 Å². The van der Waals surface area contributed by atoms with Gasteiger partial charge in [0.2, 0.25) is 0 Å². The summed E-state index contributed by atoms with van der Waals surface area (Å²) in [5.41, 5.74) is 30.4. The Bertz CT molecular complexity index is 2890. The zero-order valence-electron chi connectivity index (χ0n) is 34.1. The predicted octanol–water partition coefficient (Wildman–Crippen LogP) is 13.6. The van der Waals surface area contributed by atoms with E-state index >= 15 is 0 Å². The van der Waals surface area contributed by atoms with Crippen LogP contribution in [0.1, 0.15) is 84.7 Å². The number of hydrogen-bond acceptors (Lipinski definition) is 3. The van der Waals surface area contributed by atoms with Gasteiger partial charge in [0.05, 0.1) is 0 Å². The van der Waals surface area contributed by atoms with Gasteiger partial charge < -0.3 is 15.9 Å². The average Bonchev–Trinajstić information content (AvgIpc) is 3.69. The van der Waals surface area contributed by atoms with Crippen LogP contribution < -0.4 is 11.5 Å². The first-order valence-electron chi connectivity index (χ1n) is 20.1. The molecule has 1 atom stereocenters. The van der Waals surface area contributed by atoms with Crippen molar-refractivity contribution in [2.24, 2.45) is 11.5 Å². The SMILES string of the molecule is C=C/C=C\C1=C(C)c2cc(C)ccc2C1(C)C.CC(N)c1cccc2oc3ccc(-c4ccc5c6c7c(ccc46)C=CCC7=CC5)cc3c12.N=C(N)c1ccccc1. The van der Waals surface area contributed by atoms with E-state index in [1.165, 1.54) is 72.0 Å². The molecule has 0 amide bonds. The van der Waals surface area contributed by atoms with Gasteiger partial charge in [0, 0.05) is 27.8 Å². The van der Waals surface area contributed by atoms with Gasteiger partial charge in [0.25, 0.3) is 0 Å². The molecule has 0 bridgehead atoms. The second-order valence-electron chi connectivity index (χ2n) is 16.2. The zero-order chi connectivity index (χ0) is 40.7. The predicted molar refractivity (Wildman–Crippen MR) is 248 cm³/mol. The van der Waals surface area contributed by atoms with Gasteiger partial charge in [-0.1, -0.05) is 153 Å². The molecule has 3 aliphatic carbocycles. The highest BCUT2D eigenvalue weighted by Crippen LogP contribution is 2.47. The number of nitrogen functional groups attached to an aromatic ring is 1. The minimum absolute atomic E-state index is 0.0501. The fraction of sp³-hybridized carbons (Fsp3) is 0.167. The second kappa shape index (κ2) is 15.5. The number of nitrogens with one attached hydrogen (secondary N) is 1. The van der Waals surface area contributed by atoms with Gasteiger partial charge in [-0.15, -0.1) is 0 Å². The fourth-order valence-electron chi connectivity index (χ4n) is 9.06. The van der Waals surface area contributed by atoms with Crippen LogP contribution in [0.4, 0.5) is 0 Å². The Hall–Kier alpha value is -6.49. The number of furan rings is 1. The topological polar surface area (TPSA) is 89.0 Å². The van der Waals surface area contributed by atoms with E-state index in [0.717, 1.165) is 45.9 Å². The van der Waals surface area contributed by atoms with Crippen LogP contribution in [0.5, 0.6) is 0 Å². The summed E-state index contributed by atoms with van der Waals surface area (Å²) in [6.07, 6.45) is 15.1. The van der Waals surface area contributed by atoms with E-state index in [0.29, 0.717) is 0 Å². The first-order valence-corrected chi connectivity index (χ1v) is 20.1. The Kier molecular flexibility index (Phi) is 10.2. The van der Waals surface area contributed by atoms with Crippen molar-refractivity contribution in [2.45, 2.75) is 58.9 Å². The quantitative estimate of drug-likeness (QED) is 0.0928. The molecule has 10 rings (SSSR count). The number of hydrogen-bond donors (Lipinski definition) is 3. The van der Waals surface area contributed by atoms with Gasteiger partial charge in [0.1, 0.15) is 17.0 Å². The van der Waals surface area contributed by atoms with Crippen molar-refractivity contribution in [1.82, 2.24) is 0 Å². The van der Waals surface area contributed by atoms with Crippen molar-refractivity contribution in [3.05, 3.63) is 196 Å². The minimum Gasteiger partial charge on any atom is -0.456 e. The normalized spacial score (nSPS) is 15.1. The smallest absolute Gasteiger partial charge is 0.135 e. The molecule has 4 heteroatoms. The Morgan fingerprint density at radius 1 is 0.828 bits per heavy atom. The van der Waals surface area contributed by atoms with E-state index in [4.69, 9.17) is 21.3 Å². The average molecular weight is 758 g/mol. The van der Waals surface area contributed by atoms with Crippen molar-refractivity contribution in [1.29, 1.82) is 5.41 Å². The highest BCUT2D eigenvalue weighted by molar-refractivity contribution is 6.11. The third-order valence-electron chi connectivity index (χ3n) is 12.0. The summed E-state index contributed by atoms with van der Waals surface area (Å²) in [6.45, 7) is 14.7. The molecule has 0 saturated carbocycles. The van der Waals surface area contributed by atoms with Crippen LogP contribution >= 0.6 is 0 Å². The number of rotatable bonds is 5. The maximum absolute atomic E-state index is 7.01. The summed E-state index contributed by atoms with van der Waals surface area (Å²) < 4.78 is 6.17. The largest absolute Gasteiger partial charge is 0.456 e. The first-order chi connectivity index (χ1) is 28.0. The van der Waals surface area contributed by atoms with Crippen LogP contribution in [0.2, 0.25) is 0 Å². The second-order valence-corrected chi connectivity index (χ2v) is 16.2. The van der Waals surface area contributed by atoms with Crippen molar-refractivity contribution in [2.75, 3.05) is 0 Å². The molecule has 0 aliphatic heterocycles. The summed E-state index contributed by atoms with van der Waals surface area (Å²) in [5.74, 6) is 0.121. The standard InChI is InChI=1S/C30H23NO.C17H20.C7H8N2/c1-17(31)22-6-3-7-27-30(22)25-16-21(12-15-26(25)32-27)23-13-10-20-9-8-18-4-2-5-19-11-14-24(23)29(20)28(18)19;1-6-7-8-15-13(3)14-11-12(2)9-10-16(14)17(15,4)5;8-7(9)6-4-2-1-3-5-6/h2-3,5-8,10-17H,4,9,31H2,1H3;6-11H,1H2,2-5H3;1-5H,(H3,8,9)/b;8-7-;. The molecule has 58 heavy (non-hydrogen) atoms. The lowest BCUT2D eigenvalue weighted by atomic mass is 9.80. The molecule has 5 N–H and O–H groups in total. The molecule has 4 nitrogen and oxygen atoms in total. The summed E-state index contributed by atoms with van der Waals surface area (Å²) in [7, 11) is 0. The lowest BCUT2D eigenvalue weighted by molar-refractivity contribution is 0.654. The van der Waals surface area contributed by atoms with Crippen LogP contribution in [0.25, 0.3) is 61.1 Å². The third kappa shape index (κ3) is 6.84. The van der Waals surface area contributed by atoms with Gasteiger partial charge in [-0.3, -0.25) is 5.41 Å². The Balaban J connectivity index is 0.000000151. The summed E-state index contributed by atoms with van der Waals surface area (Å²) in [5, 5.41) is 12.0. The molecule has 0 fully saturated rings. The van der Waals surface area contributed by atoms with E-state index < -0.39 is 0 Å². The Morgan fingerprint density at radius 3 is 2.38 bits per heavy atom.